The summed E-state index contributed by atoms with van der Waals surface area (Å²) in [7, 11) is 0. The van der Waals surface area contributed by atoms with Gasteiger partial charge in [-0.05, 0) is 62.7 Å². The molecule has 1 amide bonds. The fourth-order valence-electron chi connectivity index (χ4n) is 3.79. The summed E-state index contributed by atoms with van der Waals surface area (Å²) < 4.78 is 11.9. The van der Waals surface area contributed by atoms with Crippen LogP contribution in [0.2, 0.25) is 0 Å². The first-order valence-corrected chi connectivity index (χ1v) is 12.5. The molecule has 7 nitrogen and oxygen atoms in total. The van der Waals surface area contributed by atoms with Crippen molar-refractivity contribution < 1.29 is 19.1 Å². The van der Waals surface area contributed by atoms with Gasteiger partial charge >= 0.3 is 5.97 Å². The minimum atomic E-state index is -0.566. The number of hydrogen-bond acceptors (Lipinski definition) is 5. The van der Waals surface area contributed by atoms with Gasteiger partial charge in [-0.3, -0.25) is 4.79 Å². The predicted molar refractivity (Wildman–Crippen MR) is 146 cm³/mol. The molecule has 0 bridgehead atoms. The number of nitrogens with one attached hydrogen (secondary N) is 3. The first-order valence-electron chi connectivity index (χ1n) is 12.5. The van der Waals surface area contributed by atoms with Crippen LogP contribution < -0.4 is 15.4 Å². The molecule has 4 rings (SSSR count). The zero-order chi connectivity index (χ0) is 26.3. The smallest absolute Gasteiger partial charge is 0.338 e. The van der Waals surface area contributed by atoms with Gasteiger partial charge in [-0.15, -0.1) is 0 Å². The molecule has 0 fully saturated rings. The van der Waals surface area contributed by atoms with Crippen molar-refractivity contribution in [3.8, 4) is 5.75 Å². The molecule has 1 heterocycles. The molecular formula is C30H33N3O4. The van der Waals surface area contributed by atoms with Crippen molar-refractivity contribution in [3.05, 3.63) is 96.2 Å². The number of aromatic amines is 1. The van der Waals surface area contributed by atoms with Gasteiger partial charge < -0.3 is 25.1 Å². The quantitative estimate of drug-likeness (QED) is 0.227. The number of rotatable bonds is 11. The lowest BCUT2D eigenvalue weighted by Crippen LogP contribution is -2.45. The minimum absolute atomic E-state index is 0.0864. The molecule has 0 aliphatic rings. The zero-order valence-corrected chi connectivity index (χ0v) is 21.4. The highest BCUT2D eigenvalue weighted by Gasteiger charge is 2.22. The molecule has 1 atom stereocenters. The highest BCUT2D eigenvalue weighted by atomic mass is 16.6. The summed E-state index contributed by atoms with van der Waals surface area (Å²) in [5.41, 5.74) is 2.38. The maximum atomic E-state index is 13.2. The van der Waals surface area contributed by atoms with E-state index in [4.69, 9.17) is 9.47 Å². The van der Waals surface area contributed by atoms with Crippen LogP contribution in [-0.4, -0.2) is 41.7 Å². The van der Waals surface area contributed by atoms with Gasteiger partial charge in [0.25, 0.3) is 5.91 Å². The Morgan fingerprint density at radius 3 is 2.49 bits per heavy atom. The average Bonchev–Trinajstić information content (AvgIpc) is 3.41. The van der Waals surface area contributed by atoms with E-state index in [9.17, 15) is 9.59 Å². The molecule has 0 saturated heterocycles. The molecule has 0 aliphatic heterocycles. The third-order valence-corrected chi connectivity index (χ3v) is 6.37. The number of aromatic nitrogens is 1. The highest BCUT2D eigenvalue weighted by molar-refractivity contribution is 6.10. The number of hydrogen-bond donors (Lipinski definition) is 3. The number of esters is 1. The lowest BCUT2D eigenvalue weighted by atomic mass is 10.0. The van der Waals surface area contributed by atoms with Gasteiger partial charge in [0.15, 0.2) is 0 Å². The van der Waals surface area contributed by atoms with Gasteiger partial charge in [-0.25, -0.2) is 4.79 Å². The molecule has 4 aromatic rings. The van der Waals surface area contributed by atoms with E-state index < -0.39 is 12.1 Å². The zero-order valence-electron chi connectivity index (χ0n) is 21.4. The SMILES string of the molecule is CCC(C)(C)NCC(COc1ccccc1C(=O)Nc1cccc2[nH]ccc12)OC(=O)c1ccccc1. The summed E-state index contributed by atoms with van der Waals surface area (Å²) >= 11 is 0. The van der Waals surface area contributed by atoms with E-state index in [-0.39, 0.29) is 18.1 Å². The Hall–Kier alpha value is -4.10. The minimum Gasteiger partial charge on any atom is -0.489 e. The maximum Gasteiger partial charge on any atom is 0.338 e. The van der Waals surface area contributed by atoms with Gasteiger partial charge in [0, 0.05) is 29.2 Å². The monoisotopic (exact) mass is 499 g/mol. The Morgan fingerprint density at radius 2 is 1.70 bits per heavy atom. The highest BCUT2D eigenvalue weighted by Crippen LogP contribution is 2.25. The van der Waals surface area contributed by atoms with Crippen molar-refractivity contribution in [3.63, 3.8) is 0 Å². The number of fused-ring (bicyclic) bond motifs is 1. The molecule has 7 heteroatoms. The third-order valence-electron chi connectivity index (χ3n) is 6.37. The van der Waals surface area contributed by atoms with E-state index in [1.54, 1.807) is 42.5 Å². The van der Waals surface area contributed by atoms with Gasteiger partial charge in [0.05, 0.1) is 16.8 Å². The Bertz CT molecular complexity index is 1350. The summed E-state index contributed by atoms with van der Waals surface area (Å²) in [6, 6.07) is 23.5. The van der Waals surface area contributed by atoms with Crippen LogP contribution >= 0.6 is 0 Å². The fourth-order valence-corrected chi connectivity index (χ4v) is 3.79. The second-order valence-electron chi connectivity index (χ2n) is 9.52. The van der Waals surface area contributed by atoms with Crippen molar-refractivity contribution in [1.29, 1.82) is 0 Å². The number of para-hydroxylation sites is 1. The lowest BCUT2D eigenvalue weighted by Gasteiger charge is -2.28. The molecule has 0 aliphatic carbocycles. The van der Waals surface area contributed by atoms with Crippen LogP contribution in [0.4, 0.5) is 5.69 Å². The van der Waals surface area contributed by atoms with E-state index in [1.165, 1.54) is 0 Å². The Morgan fingerprint density at radius 1 is 0.946 bits per heavy atom. The molecule has 1 unspecified atom stereocenters. The van der Waals surface area contributed by atoms with E-state index >= 15 is 0 Å². The summed E-state index contributed by atoms with van der Waals surface area (Å²) in [4.78, 5) is 29.1. The number of ether oxygens (including phenoxy) is 2. The van der Waals surface area contributed by atoms with Crippen LogP contribution in [0.1, 0.15) is 47.9 Å². The predicted octanol–water partition coefficient (Wildman–Crippen LogP) is 5.80. The topological polar surface area (TPSA) is 92.5 Å². The molecule has 3 aromatic carbocycles. The molecule has 0 saturated carbocycles. The second-order valence-corrected chi connectivity index (χ2v) is 9.52. The average molecular weight is 500 g/mol. The van der Waals surface area contributed by atoms with Crippen LogP contribution in [0.25, 0.3) is 10.9 Å². The number of H-pyrrole nitrogens is 1. The largest absolute Gasteiger partial charge is 0.489 e. The van der Waals surface area contributed by atoms with Crippen LogP contribution in [0.3, 0.4) is 0 Å². The number of carbonyl (C=O) groups is 2. The lowest BCUT2D eigenvalue weighted by molar-refractivity contribution is 0.0156. The number of carbonyl (C=O) groups excluding carboxylic acids is 2. The van der Waals surface area contributed by atoms with Crippen molar-refractivity contribution in [1.82, 2.24) is 10.3 Å². The van der Waals surface area contributed by atoms with Gasteiger partial charge in [-0.2, -0.15) is 0 Å². The third kappa shape index (κ3) is 6.77. The molecule has 37 heavy (non-hydrogen) atoms. The van der Waals surface area contributed by atoms with Gasteiger partial charge in [0.2, 0.25) is 0 Å². The van der Waals surface area contributed by atoms with E-state index in [0.29, 0.717) is 29.1 Å². The molecular weight excluding hydrogens is 466 g/mol. The van der Waals surface area contributed by atoms with E-state index in [2.05, 4.69) is 36.4 Å². The Kier molecular flexibility index (Phi) is 8.25. The maximum absolute atomic E-state index is 13.2. The van der Waals surface area contributed by atoms with Crippen molar-refractivity contribution >= 4 is 28.5 Å². The fraction of sp³-hybridized carbons (Fsp3) is 0.267. The summed E-state index contributed by atoms with van der Waals surface area (Å²) in [5, 5.41) is 7.35. The first kappa shape index (κ1) is 26.0. The van der Waals surface area contributed by atoms with Crippen molar-refractivity contribution in [2.75, 3.05) is 18.5 Å². The number of anilines is 1. The van der Waals surface area contributed by atoms with Crippen LogP contribution in [-0.2, 0) is 4.74 Å². The molecule has 3 N–H and O–H groups in total. The van der Waals surface area contributed by atoms with Crippen LogP contribution in [0.15, 0.2) is 85.1 Å². The second kappa shape index (κ2) is 11.8. The summed E-state index contributed by atoms with van der Waals surface area (Å²) in [6.07, 6.45) is 2.18. The Balaban J connectivity index is 1.48. The van der Waals surface area contributed by atoms with E-state index in [1.807, 2.05) is 42.6 Å². The summed E-state index contributed by atoms with van der Waals surface area (Å²) in [5.74, 6) is -0.292. The Labute approximate surface area is 217 Å². The summed E-state index contributed by atoms with van der Waals surface area (Å²) in [6.45, 7) is 6.77. The number of amides is 1. The molecule has 0 radical (unpaired) electrons. The van der Waals surface area contributed by atoms with Crippen LogP contribution in [0, 0.1) is 0 Å². The van der Waals surface area contributed by atoms with E-state index in [0.717, 1.165) is 17.3 Å². The van der Waals surface area contributed by atoms with Crippen LogP contribution in [0.5, 0.6) is 5.75 Å². The van der Waals surface area contributed by atoms with Gasteiger partial charge in [-0.1, -0.05) is 43.3 Å². The van der Waals surface area contributed by atoms with Crippen molar-refractivity contribution in [2.45, 2.75) is 38.8 Å². The molecule has 1 aromatic heterocycles. The number of benzene rings is 3. The van der Waals surface area contributed by atoms with Crippen molar-refractivity contribution in [2.24, 2.45) is 0 Å². The van der Waals surface area contributed by atoms with Gasteiger partial charge in [0.1, 0.15) is 18.5 Å². The molecule has 0 spiro atoms. The first-order chi connectivity index (χ1) is 17.9. The normalized spacial score (nSPS) is 12.2. The molecule has 192 valence electrons. The standard InChI is InChI=1S/C30H33N3O4/c1-4-30(2,3)32-19-22(37-29(35)21-11-6-5-7-12-21)20-36-27-16-9-8-13-24(27)28(34)33-26-15-10-14-25-23(26)17-18-31-25/h5-18,22,31-32H,4,19-20H2,1-3H3,(H,33,34).